The average molecular weight is 283 g/mol. The Bertz CT molecular complexity index is 430. The van der Waals surface area contributed by atoms with Gasteiger partial charge < -0.3 is 10.4 Å². The number of anilines is 1. The molecule has 1 aromatic carbocycles. The monoisotopic (exact) mass is 282 g/mol. The number of carbonyl (C=O) groups excluding carboxylic acids is 1. The van der Waals surface area contributed by atoms with Gasteiger partial charge in [0.2, 0.25) is 5.91 Å². The van der Waals surface area contributed by atoms with E-state index >= 15 is 0 Å². The van der Waals surface area contributed by atoms with Crippen LogP contribution in [-0.2, 0) is 4.79 Å². The van der Waals surface area contributed by atoms with Gasteiger partial charge in [-0.25, -0.2) is 0 Å². The maximum atomic E-state index is 11.8. The molecule has 5 heteroatoms. The third-order valence-electron chi connectivity index (χ3n) is 3.32. The van der Waals surface area contributed by atoms with E-state index in [1.165, 1.54) is 0 Å². The molecule has 0 unspecified atom stereocenters. The van der Waals surface area contributed by atoms with Crippen LogP contribution in [0.15, 0.2) is 24.3 Å². The lowest BCUT2D eigenvalue weighted by atomic mass is 9.82. The quantitative estimate of drug-likeness (QED) is 0.868. The number of halogens is 1. The summed E-state index contributed by atoms with van der Waals surface area (Å²) in [6.07, 6.45) is 1.56. The molecule has 1 aromatic rings. The lowest BCUT2D eigenvalue weighted by Crippen LogP contribution is -2.39. The maximum Gasteiger partial charge on any atom is 0.238 e. The second-order valence-corrected chi connectivity index (χ2v) is 5.68. The molecule has 0 saturated heterocycles. The Hall–Kier alpha value is -1.10. The normalized spacial score (nSPS) is 22.1. The Morgan fingerprint density at radius 3 is 2.63 bits per heavy atom. The minimum Gasteiger partial charge on any atom is -0.393 e. The van der Waals surface area contributed by atoms with Gasteiger partial charge in [0, 0.05) is 17.3 Å². The van der Waals surface area contributed by atoms with Crippen LogP contribution in [0, 0.1) is 5.92 Å². The Balaban J connectivity index is 1.72. The molecule has 0 spiro atoms. The Morgan fingerprint density at radius 1 is 1.42 bits per heavy atom. The van der Waals surface area contributed by atoms with E-state index in [1.54, 1.807) is 24.3 Å². The number of aliphatic hydroxyl groups is 1. The van der Waals surface area contributed by atoms with Crippen LogP contribution in [0.3, 0.4) is 0 Å². The van der Waals surface area contributed by atoms with E-state index in [-0.39, 0.29) is 12.0 Å². The van der Waals surface area contributed by atoms with Crippen LogP contribution in [0.2, 0.25) is 5.02 Å². The summed E-state index contributed by atoms with van der Waals surface area (Å²) in [5, 5.41) is 12.7. The minimum absolute atomic E-state index is 0.0373. The van der Waals surface area contributed by atoms with Gasteiger partial charge in [0.15, 0.2) is 0 Å². The van der Waals surface area contributed by atoms with E-state index in [2.05, 4.69) is 5.32 Å². The summed E-state index contributed by atoms with van der Waals surface area (Å²) >= 11 is 5.78. The van der Waals surface area contributed by atoms with E-state index in [4.69, 9.17) is 11.6 Å². The number of nitrogens with one attached hydrogen (secondary N) is 1. The molecule has 19 heavy (non-hydrogen) atoms. The lowest BCUT2D eigenvalue weighted by molar-refractivity contribution is -0.117. The van der Waals surface area contributed by atoms with Gasteiger partial charge >= 0.3 is 0 Å². The van der Waals surface area contributed by atoms with Crippen LogP contribution < -0.4 is 5.32 Å². The molecule has 0 heterocycles. The van der Waals surface area contributed by atoms with Crippen molar-refractivity contribution in [2.75, 3.05) is 25.5 Å². The predicted octanol–water partition coefficient (Wildman–Crippen LogP) is 1.98. The van der Waals surface area contributed by atoms with Crippen LogP contribution in [-0.4, -0.2) is 42.2 Å². The van der Waals surface area contributed by atoms with E-state index in [1.807, 2.05) is 11.9 Å². The molecule has 0 aromatic heterocycles. The molecule has 1 saturated carbocycles. The minimum atomic E-state index is -0.138. The Morgan fingerprint density at radius 2 is 2.05 bits per heavy atom. The second-order valence-electron chi connectivity index (χ2n) is 5.24. The molecule has 2 N–H and O–H groups in total. The van der Waals surface area contributed by atoms with Crippen LogP contribution in [0.1, 0.15) is 12.8 Å². The van der Waals surface area contributed by atoms with Gasteiger partial charge in [-0.2, -0.15) is 0 Å². The van der Waals surface area contributed by atoms with Crippen molar-refractivity contribution >= 4 is 23.2 Å². The summed E-state index contributed by atoms with van der Waals surface area (Å²) in [4.78, 5) is 13.8. The van der Waals surface area contributed by atoms with Crippen molar-refractivity contribution < 1.29 is 9.90 Å². The van der Waals surface area contributed by atoms with Gasteiger partial charge in [-0.3, -0.25) is 9.69 Å². The second kappa shape index (κ2) is 6.37. The molecule has 4 nitrogen and oxygen atoms in total. The number of nitrogens with zero attached hydrogens (tertiary/aromatic N) is 1. The van der Waals surface area contributed by atoms with Crippen molar-refractivity contribution in [2.45, 2.75) is 18.9 Å². The Labute approximate surface area is 118 Å². The first kappa shape index (κ1) is 14.3. The third-order valence-corrected chi connectivity index (χ3v) is 3.57. The van der Waals surface area contributed by atoms with E-state index in [0.29, 0.717) is 17.5 Å². The van der Waals surface area contributed by atoms with Gasteiger partial charge in [-0.05, 0) is 50.1 Å². The molecule has 1 aliphatic carbocycles. The summed E-state index contributed by atoms with van der Waals surface area (Å²) in [5.74, 6) is 0.480. The highest BCUT2D eigenvalue weighted by Crippen LogP contribution is 2.27. The highest BCUT2D eigenvalue weighted by atomic mass is 35.5. The molecule has 0 aliphatic heterocycles. The van der Waals surface area contributed by atoms with Gasteiger partial charge in [-0.15, -0.1) is 0 Å². The first-order valence-electron chi connectivity index (χ1n) is 6.45. The smallest absolute Gasteiger partial charge is 0.238 e. The zero-order valence-electron chi connectivity index (χ0n) is 11.0. The van der Waals surface area contributed by atoms with Crippen molar-refractivity contribution in [3.8, 4) is 0 Å². The van der Waals surface area contributed by atoms with Crippen molar-refractivity contribution in [3.63, 3.8) is 0 Å². The summed E-state index contributed by atoms with van der Waals surface area (Å²) in [6.45, 7) is 1.21. The summed E-state index contributed by atoms with van der Waals surface area (Å²) < 4.78 is 0. The fourth-order valence-electron chi connectivity index (χ4n) is 2.33. The summed E-state index contributed by atoms with van der Waals surface area (Å²) in [7, 11) is 1.92. The number of hydrogen-bond acceptors (Lipinski definition) is 3. The SMILES string of the molecule is CN(CC(=O)Nc1ccc(Cl)cc1)CC1CC(O)C1. The van der Waals surface area contributed by atoms with Crippen molar-refractivity contribution in [1.29, 1.82) is 0 Å². The fraction of sp³-hybridized carbons (Fsp3) is 0.500. The van der Waals surface area contributed by atoms with Crippen LogP contribution in [0.5, 0.6) is 0 Å². The number of rotatable bonds is 5. The van der Waals surface area contributed by atoms with Crippen LogP contribution >= 0.6 is 11.6 Å². The zero-order chi connectivity index (χ0) is 13.8. The first-order valence-corrected chi connectivity index (χ1v) is 6.83. The molecule has 1 aliphatic rings. The largest absolute Gasteiger partial charge is 0.393 e. The molecular weight excluding hydrogens is 264 g/mol. The topological polar surface area (TPSA) is 52.6 Å². The number of likely N-dealkylation sites (N-methyl/N-ethyl adjacent to an activating group) is 1. The highest BCUT2D eigenvalue weighted by molar-refractivity contribution is 6.30. The van der Waals surface area contributed by atoms with Crippen LogP contribution in [0.4, 0.5) is 5.69 Å². The summed E-state index contributed by atoms with van der Waals surface area (Å²) in [5.41, 5.74) is 0.752. The van der Waals surface area contributed by atoms with Crippen molar-refractivity contribution in [3.05, 3.63) is 29.3 Å². The van der Waals surface area contributed by atoms with E-state index in [9.17, 15) is 9.90 Å². The lowest BCUT2D eigenvalue weighted by Gasteiger charge is -2.34. The van der Waals surface area contributed by atoms with Crippen molar-refractivity contribution in [2.24, 2.45) is 5.92 Å². The molecule has 0 radical (unpaired) electrons. The molecule has 1 fully saturated rings. The van der Waals surface area contributed by atoms with Gasteiger partial charge in [0.1, 0.15) is 0 Å². The third kappa shape index (κ3) is 4.49. The van der Waals surface area contributed by atoms with Crippen molar-refractivity contribution in [1.82, 2.24) is 4.90 Å². The van der Waals surface area contributed by atoms with Gasteiger partial charge in [0.25, 0.3) is 0 Å². The van der Waals surface area contributed by atoms with E-state index < -0.39 is 0 Å². The number of amides is 1. The van der Waals surface area contributed by atoms with Gasteiger partial charge in [0.05, 0.1) is 12.6 Å². The first-order chi connectivity index (χ1) is 9.02. The standard InChI is InChI=1S/C14H19ClN2O2/c1-17(8-10-6-13(18)7-10)9-14(19)16-12-4-2-11(15)3-5-12/h2-5,10,13,18H,6-9H2,1H3,(H,16,19). The summed E-state index contributed by atoms with van der Waals surface area (Å²) in [6, 6.07) is 7.05. The molecule has 0 bridgehead atoms. The number of aliphatic hydroxyl groups excluding tert-OH is 1. The fourth-order valence-corrected chi connectivity index (χ4v) is 2.46. The molecule has 1 amide bonds. The predicted molar refractivity (Wildman–Crippen MR) is 76.3 cm³/mol. The van der Waals surface area contributed by atoms with E-state index in [0.717, 1.165) is 25.1 Å². The maximum absolute atomic E-state index is 11.8. The molecular formula is C14H19ClN2O2. The highest BCUT2D eigenvalue weighted by Gasteiger charge is 2.28. The number of benzene rings is 1. The molecule has 104 valence electrons. The Kier molecular flexibility index (Phi) is 4.80. The van der Waals surface area contributed by atoms with Gasteiger partial charge in [-0.1, -0.05) is 11.6 Å². The average Bonchev–Trinajstić information content (AvgIpc) is 2.30. The molecule has 2 rings (SSSR count). The van der Waals surface area contributed by atoms with Crippen LogP contribution in [0.25, 0.3) is 0 Å². The number of carbonyl (C=O) groups is 1. The zero-order valence-corrected chi connectivity index (χ0v) is 11.7. The number of hydrogen-bond donors (Lipinski definition) is 2. The molecule has 0 atom stereocenters.